The summed E-state index contributed by atoms with van der Waals surface area (Å²) in [5.41, 5.74) is 7.31. The zero-order valence-electron chi connectivity index (χ0n) is 12.7. The summed E-state index contributed by atoms with van der Waals surface area (Å²) in [5.74, 6) is 0. The molecular weight excluding hydrogens is 220 g/mol. The predicted octanol–water partition coefficient (Wildman–Crippen LogP) is 3.55. The average Bonchev–Trinajstić information content (AvgIpc) is 3.02. The number of nitrogens with zero attached hydrogens (tertiary/aromatic N) is 1. The Balaban J connectivity index is 1.96. The third kappa shape index (κ3) is 2.75. The van der Waals surface area contributed by atoms with Crippen molar-refractivity contribution in [3.05, 3.63) is 0 Å². The minimum Gasteiger partial charge on any atom is -0.326 e. The summed E-state index contributed by atoms with van der Waals surface area (Å²) in [6.07, 6.45) is 10.8. The lowest BCUT2D eigenvalue weighted by atomic mass is 9.88. The van der Waals surface area contributed by atoms with Crippen molar-refractivity contribution in [3.63, 3.8) is 0 Å². The van der Waals surface area contributed by atoms with Crippen LogP contribution in [0, 0.1) is 5.41 Å². The summed E-state index contributed by atoms with van der Waals surface area (Å²) in [4.78, 5) is 2.74. The Morgan fingerprint density at radius 1 is 1.17 bits per heavy atom. The normalized spacial score (nSPS) is 29.7. The van der Waals surface area contributed by atoms with Gasteiger partial charge in [0.1, 0.15) is 0 Å². The second-order valence-electron chi connectivity index (χ2n) is 7.05. The zero-order chi connectivity index (χ0) is 13.2. The van der Waals surface area contributed by atoms with Gasteiger partial charge >= 0.3 is 0 Å². The molecule has 0 amide bonds. The first-order chi connectivity index (χ1) is 8.56. The zero-order valence-corrected chi connectivity index (χ0v) is 12.7. The SMILES string of the molecule is CCCCCC(C)(CCC)N1C[C@H](N)C2(CC2)C1. The van der Waals surface area contributed by atoms with E-state index in [2.05, 4.69) is 25.7 Å². The van der Waals surface area contributed by atoms with E-state index in [0.29, 0.717) is 17.0 Å². The molecule has 0 aromatic carbocycles. The Kier molecular flexibility index (Phi) is 4.38. The molecule has 1 spiro atoms. The highest BCUT2D eigenvalue weighted by Crippen LogP contribution is 2.53. The van der Waals surface area contributed by atoms with E-state index in [9.17, 15) is 0 Å². The summed E-state index contributed by atoms with van der Waals surface area (Å²) >= 11 is 0. The van der Waals surface area contributed by atoms with Gasteiger partial charge in [-0.05, 0) is 38.0 Å². The van der Waals surface area contributed by atoms with Crippen molar-refractivity contribution in [1.29, 1.82) is 0 Å². The molecule has 0 bridgehead atoms. The van der Waals surface area contributed by atoms with Crippen LogP contribution in [0.5, 0.6) is 0 Å². The van der Waals surface area contributed by atoms with E-state index >= 15 is 0 Å². The van der Waals surface area contributed by atoms with Crippen molar-refractivity contribution in [3.8, 4) is 0 Å². The molecule has 0 aromatic rings. The van der Waals surface area contributed by atoms with Crippen molar-refractivity contribution in [2.45, 2.75) is 83.7 Å². The lowest BCUT2D eigenvalue weighted by Crippen LogP contribution is -2.46. The maximum absolute atomic E-state index is 6.37. The van der Waals surface area contributed by atoms with E-state index in [-0.39, 0.29) is 0 Å². The Bertz CT molecular complexity index is 272. The number of hydrogen-bond donors (Lipinski definition) is 1. The maximum atomic E-state index is 6.37. The van der Waals surface area contributed by atoms with Gasteiger partial charge in [-0.25, -0.2) is 0 Å². The molecule has 1 heterocycles. The first kappa shape index (κ1) is 14.3. The fraction of sp³-hybridized carbons (Fsp3) is 1.00. The summed E-state index contributed by atoms with van der Waals surface area (Å²) in [5, 5.41) is 0. The Morgan fingerprint density at radius 3 is 2.39 bits per heavy atom. The van der Waals surface area contributed by atoms with Gasteiger partial charge in [-0.2, -0.15) is 0 Å². The van der Waals surface area contributed by atoms with Gasteiger partial charge in [-0.15, -0.1) is 0 Å². The third-order valence-corrected chi connectivity index (χ3v) is 5.47. The summed E-state index contributed by atoms with van der Waals surface area (Å²) in [6.45, 7) is 9.52. The van der Waals surface area contributed by atoms with Crippen molar-refractivity contribution >= 4 is 0 Å². The molecule has 2 nitrogen and oxygen atoms in total. The van der Waals surface area contributed by atoms with E-state index < -0.39 is 0 Å². The molecule has 1 unspecified atom stereocenters. The molecule has 18 heavy (non-hydrogen) atoms. The molecule has 2 aliphatic rings. The largest absolute Gasteiger partial charge is 0.326 e. The first-order valence-electron chi connectivity index (χ1n) is 8.07. The molecule has 0 radical (unpaired) electrons. The predicted molar refractivity (Wildman–Crippen MR) is 78.7 cm³/mol. The van der Waals surface area contributed by atoms with E-state index in [1.807, 2.05) is 0 Å². The van der Waals surface area contributed by atoms with Gasteiger partial charge in [-0.3, -0.25) is 4.90 Å². The van der Waals surface area contributed by atoms with Crippen molar-refractivity contribution in [1.82, 2.24) is 4.90 Å². The van der Waals surface area contributed by atoms with Crippen LogP contribution in [-0.4, -0.2) is 29.6 Å². The third-order valence-electron chi connectivity index (χ3n) is 5.47. The van der Waals surface area contributed by atoms with Gasteiger partial charge in [0.05, 0.1) is 0 Å². The molecule has 1 aliphatic carbocycles. The van der Waals surface area contributed by atoms with Crippen LogP contribution >= 0.6 is 0 Å². The lowest BCUT2D eigenvalue weighted by molar-refractivity contribution is 0.103. The van der Waals surface area contributed by atoms with Gasteiger partial charge in [0.15, 0.2) is 0 Å². The highest BCUT2D eigenvalue weighted by molar-refractivity contribution is 5.11. The second-order valence-corrected chi connectivity index (χ2v) is 7.05. The van der Waals surface area contributed by atoms with Crippen molar-refractivity contribution in [2.24, 2.45) is 11.1 Å². The van der Waals surface area contributed by atoms with Crippen LogP contribution in [-0.2, 0) is 0 Å². The van der Waals surface area contributed by atoms with Crippen LogP contribution in [0.1, 0.15) is 72.1 Å². The summed E-state index contributed by atoms with van der Waals surface area (Å²) < 4.78 is 0. The second kappa shape index (κ2) is 5.50. The number of unbranched alkanes of at least 4 members (excludes halogenated alkanes) is 2. The van der Waals surface area contributed by atoms with Crippen LogP contribution in [0.3, 0.4) is 0 Å². The van der Waals surface area contributed by atoms with Gasteiger partial charge in [0.2, 0.25) is 0 Å². The molecule has 1 aliphatic heterocycles. The van der Waals surface area contributed by atoms with E-state index in [1.54, 1.807) is 0 Å². The molecule has 2 fully saturated rings. The standard InChI is InChI=1S/C16H32N2/c1-4-6-7-9-15(3,8-5-2)18-12-14(17)16(13-18)10-11-16/h14H,4-13,17H2,1-3H3/t14-,15?/m0/s1. The van der Waals surface area contributed by atoms with Crippen LogP contribution in [0.15, 0.2) is 0 Å². The van der Waals surface area contributed by atoms with Crippen LogP contribution in [0.2, 0.25) is 0 Å². The smallest absolute Gasteiger partial charge is 0.0237 e. The number of likely N-dealkylation sites (tertiary alicyclic amines) is 1. The molecule has 2 atom stereocenters. The molecular formula is C16H32N2. The summed E-state index contributed by atoms with van der Waals surface area (Å²) in [7, 11) is 0. The fourth-order valence-corrected chi connectivity index (χ4v) is 3.83. The molecule has 106 valence electrons. The number of rotatable bonds is 7. The highest BCUT2D eigenvalue weighted by atomic mass is 15.3. The molecule has 2 heteroatoms. The first-order valence-corrected chi connectivity index (χ1v) is 8.07. The number of hydrogen-bond acceptors (Lipinski definition) is 2. The maximum Gasteiger partial charge on any atom is 0.0237 e. The van der Waals surface area contributed by atoms with Gasteiger partial charge < -0.3 is 5.73 Å². The summed E-state index contributed by atoms with van der Waals surface area (Å²) in [6, 6.07) is 0.444. The van der Waals surface area contributed by atoms with Crippen LogP contribution in [0.25, 0.3) is 0 Å². The van der Waals surface area contributed by atoms with Gasteiger partial charge in [0, 0.05) is 24.7 Å². The molecule has 1 saturated heterocycles. The lowest BCUT2D eigenvalue weighted by Gasteiger charge is -2.39. The average molecular weight is 252 g/mol. The highest BCUT2D eigenvalue weighted by Gasteiger charge is 2.55. The van der Waals surface area contributed by atoms with Gasteiger partial charge in [-0.1, -0.05) is 39.5 Å². The molecule has 2 rings (SSSR count). The van der Waals surface area contributed by atoms with Crippen molar-refractivity contribution < 1.29 is 0 Å². The monoisotopic (exact) mass is 252 g/mol. The van der Waals surface area contributed by atoms with E-state index in [4.69, 9.17) is 5.73 Å². The van der Waals surface area contributed by atoms with Crippen molar-refractivity contribution in [2.75, 3.05) is 13.1 Å². The van der Waals surface area contributed by atoms with E-state index in [1.165, 1.54) is 57.9 Å². The quantitative estimate of drug-likeness (QED) is 0.702. The van der Waals surface area contributed by atoms with Crippen LogP contribution in [0.4, 0.5) is 0 Å². The topological polar surface area (TPSA) is 29.3 Å². The number of nitrogens with two attached hydrogens (primary N) is 1. The Labute approximate surface area is 113 Å². The Morgan fingerprint density at radius 2 is 1.89 bits per heavy atom. The molecule has 2 N–H and O–H groups in total. The van der Waals surface area contributed by atoms with Crippen LogP contribution < -0.4 is 5.73 Å². The minimum absolute atomic E-state index is 0.410. The molecule has 1 saturated carbocycles. The minimum atomic E-state index is 0.410. The molecule has 0 aromatic heterocycles. The fourth-order valence-electron chi connectivity index (χ4n) is 3.83. The van der Waals surface area contributed by atoms with Gasteiger partial charge in [0.25, 0.3) is 0 Å². The Hall–Kier alpha value is -0.0800. The van der Waals surface area contributed by atoms with E-state index in [0.717, 1.165) is 6.54 Å².